The van der Waals surface area contributed by atoms with Gasteiger partial charge in [0.05, 0.1) is 13.2 Å². The lowest BCUT2D eigenvalue weighted by Gasteiger charge is -2.13. The fourth-order valence-electron chi connectivity index (χ4n) is 3.14. The molecule has 0 saturated carbocycles. The number of hydrogen-bond acceptors (Lipinski definition) is 3. The molecule has 0 fully saturated rings. The highest BCUT2D eigenvalue weighted by Gasteiger charge is 2.07. The lowest BCUT2D eigenvalue weighted by molar-refractivity contribution is 0.371. The maximum atomic E-state index is 9.96. The first-order valence-corrected chi connectivity index (χ1v) is 9.79. The highest BCUT2D eigenvalue weighted by Crippen LogP contribution is 2.23. The Bertz CT molecular complexity index is 815. The first-order valence-electron chi connectivity index (χ1n) is 9.79. The van der Waals surface area contributed by atoms with Crippen molar-refractivity contribution in [3.8, 4) is 11.8 Å². The number of nitrogens with zero attached hydrogens (tertiary/aromatic N) is 1. The first-order chi connectivity index (χ1) is 13.6. The van der Waals surface area contributed by atoms with Gasteiger partial charge in [-0.05, 0) is 43.2 Å². The van der Waals surface area contributed by atoms with Gasteiger partial charge in [-0.25, -0.2) is 0 Å². The summed E-state index contributed by atoms with van der Waals surface area (Å²) in [5, 5.41) is 18.7. The second-order valence-corrected chi connectivity index (χ2v) is 6.94. The van der Waals surface area contributed by atoms with Gasteiger partial charge >= 0.3 is 0 Å². The van der Waals surface area contributed by atoms with Crippen molar-refractivity contribution in [3.63, 3.8) is 0 Å². The van der Waals surface area contributed by atoms with E-state index in [9.17, 15) is 5.11 Å². The highest BCUT2D eigenvalue weighted by atomic mass is 16.5. The second-order valence-electron chi connectivity index (χ2n) is 6.94. The molecule has 0 amide bonds. The van der Waals surface area contributed by atoms with Crippen molar-refractivity contribution in [2.24, 2.45) is 5.92 Å². The molecule has 0 bridgehead atoms. The van der Waals surface area contributed by atoms with Crippen molar-refractivity contribution in [2.75, 3.05) is 7.11 Å². The van der Waals surface area contributed by atoms with Crippen LogP contribution in [0.3, 0.4) is 0 Å². The summed E-state index contributed by atoms with van der Waals surface area (Å²) < 4.78 is 5.18. The number of unbranched alkanes of at least 4 members (excludes halogenated alkanes) is 2. The summed E-state index contributed by atoms with van der Waals surface area (Å²) in [6.07, 6.45) is 9.85. The Labute approximate surface area is 168 Å². The van der Waals surface area contributed by atoms with Crippen LogP contribution in [0.1, 0.15) is 48.8 Å². The fraction of sp³-hybridized carbons (Fsp3) is 0.320. The van der Waals surface area contributed by atoms with E-state index >= 15 is 0 Å². The largest absolute Gasteiger partial charge is 0.507 e. The van der Waals surface area contributed by atoms with Crippen LogP contribution >= 0.6 is 0 Å². The van der Waals surface area contributed by atoms with Crippen LogP contribution in [0.25, 0.3) is 11.8 Å². The molecule has 2 aromatic rings. The monoisotopic (exact) mass is 375 g/mol. The minimum absolute atomic E-state index is 0.302. The average molecular weight is 376 g/mol. The Kier molecular flexibility index (Phi) is 8.88. The van der Waals surface area contributed by atoms with Crippen LogP contribution in [-0.4, -0.2) is 12.2 Å². The van der Waals surface area contributed by atoms with Crippen molar-refractivity contribution in [1.82, 2.24) is 0 Å². The number of phenolic OH excluding ortho intramolecular Hbond substituents is 1. The Morgan fingerprint density at radius 1 is 1.14 bits per heavy atom. The van der Waals surface area contributed by atoms with E-state index in [0.717, 1.165) is 43.2 Å². The molecule has 1 atom stereocenters. The zero-order chi connectivity index (χ0) is 20.2. The minimum atomic E-state index is 0.302. The summed E-state index contributed by atoms with van der Waals surface area (Å²) in [5.41, 5.74) is 3.12. The molecule has 0 spiro atoms. The first kappa shape index (κ1) is 21.3. The number of nitriles is 1. The third kappa shape index (κ3) is 6.96. The van der Waals surface area contributed by atoms with E-state index in [0.29, 0.717) is 23.8 Å². The van der Waals surface area contributed by atoms with Crippen molar-refractivity contribution < 1.29 is 9.84 Å². The molecular weight excluding hydrogens is 346 g/mol. The van der Waals surface area contributed by atoms with E-state index in [1.165, 1.54) is 5.56 Å². The summed E-state index contributed by atoms with van der Waals surface area (Å²) in [7, 11) is 1.63. The lowest BCUT2D eigenvalue weighted by atomic mass is 9.92. The molecule has 146 valence electrons. The Morgan fingerprint density at radius 3 is 2.57 bits per heavy atom. The number of para-hydroxylation sites is 1. The number of hydrogen-bond donors (Lipinski definition) is 1. The van der Waals surface area contributed by atoms with Gasteiger partial charge in [0.1, 0.15) is 11.5 Å². The summed E-state index contributed by atoms with van der Waals surface area (Å²) in [4.78, 5) is 0. The van der Waals surface area contributed by atoms with Crippen molar-refractivity contribution in [1.29, 1.82) is 5.26 Å². The SMILES string of the molecule is C=C(OC)c1ccc(CCC(/C=C/c2ccccc2O)CCCCC#N)cc1. The molecule has 0 aliphatic carbocycles. The fourth-order valence-corrected chi connectivity index (χ4v) is 3.14. The van der Waals surface area contributed by atoms with Gasteiger partial charge in [0.2, 0.25) is 0 Å². The maximum Gasteiger partial charge on any atom is 0.122 e. The maximum absolute atomic E-state index is 9.96. The molecule has 0 aliphatic heterocycles. The molecule has 0 radical (unpaired) electrons. The summed E-state index contributed by atoms with van der Waals surface area (Å²) in [6, 6.07) is 17.9. The van der Waals surface area contributed by atoms with Crippen molar-refractivity contribution >= 4 is 11.8 Å². The van der Waals surface area contributed by atoms with E-state index in [4.69, 9.17) is 10.00 Å². The third-order valence-corrected chi connectivity index (χ3v) is 4.92. The number of ether oxygens (including phenoxy) is 1. The lowest BCUT2D eigenvalue weighted by Crippen LogP contribution is -2.00. The van der Waals surface area contributed by atoms with Crippen LogP contribution in [0.2, 0.25) is 0 Å². The molecule has 2 aromatic carbocycles. The van der Waals surface area contributed by atoms with Crippen LogP contribution in [0.15, 0.2) is 61.2 Å². The third-order valence-electron chi connectivity index (χ3n) is 4.92. The molecule has 3 nitrogen and oxygen atoms in total. The molecule has 0 saturated heterocycles. The van der Waals surface area contributed by atoms with Crippen molar-refractivity contribution in [3.05, 3.63) is 77.9 Å². The van der Waals surface area contributed by atoms with E-state index in [1.807, 2.05) is 36.4 Å². The van der Waals surface area contributed by atoms with Crippen LogP contribution in [0, 0.1) is 17.2 Å². The molecule has 2 rings (SSSR count). The predicted molar refractivity (Wildman–Crippen MR) is 116 cm³/mol. The second kappa shape index (κ2) is 11.7. The number of aromatic hydroxyl groups is 1. The van der Waals surface area contributed by atoms with Gasteiger partial charge in [0.15, 0.2) is 0 Å². The molecule has 0 heterocycles. The molecule has 0 aliphatic rings. The van der Waals surface area contributed by atoms with E-state index in [1.54, 1.807) is 13.2 Å². The number of phenols is 1. The van der Waals surface area contributed by atoms with Gasteiger partial charge in [-0.3, -0.25) is 0 Å². The van der Waals surface area contributed by atoms with Crippen LogP contribution in [0.5, 0.6) is 5.75 Å². The van der Waals surface area contributed by atoms with E-state index in [-0.39, 0.29) is 0 Å². The predicted octanol–water partition coefficient (Wildman–Crippen LogP) is 6.36. The molecule has 1 N–H and O–H groups in total. The van der Waals surface area contributed by atoms with Gasteiger partial charge in [0, 0.05) is 17.5 Å². The quantitative estimate of drug-likeness (QED) is 0.367. The van der Waals surface area contributed by atoms with E-state index < -0.39 is 0 Å². The Morgan fingerprint density at radius 2 is 1.89 bits per heavy atom. The zero-order valence-corrected chi connectivity index (χ0v) is 16.6. The minimum Gasteiger partial charge on any atom is -0.507 e. The summed E-state index contributed by atoms with van der Waals surface area (Å²) in [5.74, 6) is 1.38. The Hall–Kier alpha value is -2.99. The zero-order valence-electron chi connectivity index (χ0n) is 16.6. The van der Waals surface area contributed by atoms with Gasteiger partial charge < -0.3 is 9.84 Å². The molecule has 3 heteroatoms. The number of methoxy groups -OCH3 is 1. The smallest absolute Gasteiger partial charge is 0.122 e. The van der Waals surface area contributed by atoms with Gasteiger partial charge in [-0.15, -0.1) is 0 Å². The van der Waals surface area contributed by atoms with Crippen molar-refractivity contribution in [2.45, 2.75) is 38.5 Å². The molecule has 0 aromatic heterocycles. The van der Waals surface area contributed by atoms with Gasteiger partial charge in [-0.1, -0.05) is 67.6 Å². The van der Waals surface area contributed by atoms with E-state index in [2.05, 4.69) is 30.9 Å². The molecular formula is C25H29NO2. The van der Waals surface area contributed by atoms with Gasteiger partial charge in [0.25, 0.3) is 0 Å². The summed E-state index contributed by atoms with van der Waals surface area (Å²) in [6.45, 7) is 3.88. The number of aryl methyl sites for hydroxylation is 1. The molecule has 1 unspecified atom stereocenters. The van der Waals surface area contributed by atoms with Crippen LogP contribution < -0.4 is 0 Å². The van der Waals surface area contributed by atoms with Gasteiger partial charge in [-0.2, -0.15) is 5.26 Å². The topological polar surface area (TPSA) is 53.2 Å². The highest BCUT2D eigenvalue weighted by molar-refractivity contribution is 5.58. The number of allylic oxidation sites excluding steroid dienone is 1. The average Bonchev–Trinajstić information content (AvgIpc) is 2.73. The Balaban J connectivity index is 1.99. The normalized spacial score (nSPS) is 11.9. The number of rotatable bonds is 11. The van der Waals surface area contributed by atoms with Crippen LogP contribution in [-0.2, 0) is 11.2 Å². The summed E-state index contributed by atoms with van der Waals surface area (Å²) >= 11 is 0. The molecule has 28 heavy (non-hydrogen) atoms. The number of benzene rings is 2. The van der Waals surface area contributed by atoms with Crippen LogP contribution in [0.4, 0.5) is 0 Å². The standard InChI is InChI=1S/C25H29NO2/c1-20(28-2)23-16-13-22(14-17-23)12-11-21(8-4-3-7-19-26)15-18-24-9-5-6-10-25(24)27/h5-6,9-10,13-18,21,27H,1,3-4,7-8,11-12H2,2H3/b18-15+.